The maximum atomic E-state index is 5.99. The van der Waals surface area contributed by atoms with Crippen molar-refractivity contribution >= 4 is 0 Å². The first-order valence-electron chi connectivity index (χ1n) is 5.36. The summed E-state index contributed by atoms with van der Waals surface area (Å²) in [5.41, 5.74) is -0.00769. The standard InChI is InChI=1S/C11H21AtN2O/c1-9(12)7-11(2,14(3)13)10-5-4-6-15-8-10/h10H,1,4-8,13H2,2-3H3. The molecule has 1 saturated heterocycles. The van der Waals surface area contributed by atoms with Crippen molar-refractivity contribution in [3.63, 3.8) is 0 Å². The summed E-state index contributed by atoms with van der Waals surface area (Å²) in [6.07, 6.45) is 3.32. The van der Waals surface area contributed by atoms with Crippen LogP contribution in [0.1, 0.15) is 26.2 Å². The third kappa shape index (κ3) is 3.49. The van der Waals surface area contributed by atoms with Gasteiger partial charge in [0.1, 0.15) is 0 Å². The molecule has 0 aromatic carbocycles. The molecule has 0 aromatic heterocycles. The third-order valence-electron chi connectivity index (χ3n) is 3.40. The number of nitrogens with zero attached hydrogens (tertiary/aromatic N) is 1. The fourth-order valence-electron chi connectivity index (χ4n) is 2.18. The Labute approximate surface area is 108 Å². The van der Waals surface area contributed by atoms with Gasteiger partial charge in [-0.25, -0.2) is 0 Å². The molecule has 1 aliphatic heterocycles. The van der Waals surface area contributed by atoms with Gasteiger partial charge in [0, 0.05) is 0 Å². The van der Waals surface area contributed by atoms with E-state index in [2.05, 4.69) is 13.5 Å². The Morgan fingerprint density at radius 1 is 1.73 bits per heavy atom. The topological polar surface area (TPSA) is 38.5 Å². The quantitative estimate of drug-likeness (QED) is 0.566. The zero-order valence-corrected chi connectivity index (χ0v) is 12.6. The molecule has 3 nitrogen and oxygen atoms in total. The zero-order valence-electron chi connectivity index (χ0n) is 9.63. The van der Waals surface area contributed by atoms with E-state index in [1.165, 1.54) is 9.70 Å². The predicted molar refractivity (Wildman–Crippen MR) is 57.7 cm³/mol. The Morgan fingerprint density at radius 2 is 2.40 bits per heavy atom. The van der Waals surface area contributed by atoms with E-state index in [1.54, 1.807) is 24.7 Å². The number of hydrogen-bond acceptors (Lipinski definition) is 3. The Hall–Kier alpha value is 0.503. The summed E-state index contributed by atoms with van der Waals surface area (Å²) in [4.78, 5) is 0. The first kappa shape index (κ1) is 13.6. The number of hydrazine groups is 1. The summed E-state index contributed by atoms with van der Waals surface area (Å²) in [5.74, 6) is 6.51. The van der Waals surface area contributed by atoms with E-state index in [0.29, 0.717) is 5.92 Å². The third-order valence-corrected chi connectivity index (χ3v) is 3.91. The minimum atomic E-state index is -0.00769. The molecule has 1 rings (SSSR count). The Bertz CT molecular complexity index is 227. The normalized spacial score (nSPS) is 26.3. The predicted octanol–water partition coefficient (Wildman–Crippen LogP) is 1.43. The van der Waals surface area contributed by atoms with Crippen LogP contribution >= 0.6 is 0 Å². The summed E-state index contributed by atoms with van der Waals surface area (Å²) in [7, 11) is 1.95. The number of nitrogens with two attached hydrogens (primary N) is 1. The maximum absolute atomic E-state index is 5.99. The van der Waals surface area contributed by atoms with Gasteiger partial charge in [0.25, 0.3) is 0 Å². The molecule has 0 radical (unpaired) electrons. The van der Waals surface area contributed by atoms with E-state index in [1.807, 2.05) is 12.1 Å². The minimum absolute atomic E-state index is 0.00769. The zero-order chi connectivity index (χ0) is 11.5. The summed E-state index contributed by atoms with van der Waals surface area (Å²) in [5, 5.41) is 1.84. The van der Waals surface area contributed by atoms with E-state index in [-0.39, 0.29) is 5.54 Å². The van der Waals surface area contributed by atoms with Crippen molar-refractivity contribution in [3.8, 4) is 0 Å². The van der Waals surface area contributed by atoms with Crippen LogP contribution in [-0.2, 0) is 4.74 Å². The van der Waals surface area contributed by atoms with Gasteiger partial charge in [0.15, 0.2) is 0 Å². The fourth-order valence-corrected chi connectivity index (χ4v) is 3.23. The number of rotatable bonds is 4. The van der Waals surface area contributed by atoms with Gasteiger partial charge in [0.2, 0.25) is 0 Å². The molecule has 0 saturated carbocycles. The van der Waals surface area contributed by atoms with Crippen molar-refractivity contribution in [3.05, 3.63) is 9.86 Å². The molecule has 1 heterocycles. The van der Waals surface area contributed by atoms with Crippen LogP contribution in [0.15, 0.2) is 9.86 Å². The van der Waals surface area contributed by atoms with Crippen LogP contribution in [0.25, 0.3) is 0 Å². The Balaban J connectivity index is 2.74. The molecule has 0 spiro atoms. The molecule has 15 heavy (non-hydrogen) atoms. The fraction of sp³-hybridized carbons (Fsp3) is 0.818. The second-order valence-corrected chi connectivity index (χ2v) is 6.65. The van der Waals surface area contributed by atoms with Gasteiger partial charge < -0.3 is 0 Å². The molecule has 1 fully saturated rings. The number of ether oxygens (including phenoxy) is 1. The molecule has 0 aromatic rings. The first-order valence-corrected chi connectivity index (χ1v) is 6.83. The van der Waals surface area contributed by atoms with Crippen LogP contribution in [0, 0.1) is 30.6 Å². The van der Waals surface area contributed by atoms with Gasteiger partial charge in [-0.1, -0.05) is 0 Å². The van der Waals surface area contributed by atoms with Crippen molar-refractivity contribution in [2.45, 2.75) is 31.7 Å². The van der Waals surface area contributed by atoms with E-state index in [0.717, 1.165) is 26.1 Å². The number of hydrogen-bond donors (Lipinski definition) is 1. The van der Waals surface area contributed by atoms with E-state index >= 15 is 0 Å². The van der Waals surface area contributed by atoms with Gasteiger partial charge in [0.05, 0.1) is 0 Å². The van der Waals surface area contributed by atoms with E-state index in [9.17, 15) is 0 Å². The summed E-state index contributed by atoms with van der Waals surface area (Å²) < 4.78 is 6.79. The van der Waals surface area contributed by atoms with Crippen molar-refractivity contribution < 1.29 is 29.5 Å². The van der Waals surface area contributed by atoms with Crippen LogP contribution in [-0.4, -0.2) is 30.8 Å². The molecule has 2 unspecified atom stereocenters. The van der Waals surface area contributed by atoms with Crippen molar-refractivity contribution in [2.75, 3.05) is 20.3 Å². The van der Waals surface area contributed by atoms with Gasteiger partial charge in [-0.3, -0.25) is 0 Å². The van der Waals surface area contributed by atoms with Gasteiger partial charge in [-0.05, 0) is 0 Å². The Morgan fingerprint density at radius 3 is 2.80 bits per heavy atom. The van der Waals surface area contributed by atoms with Crippen LogP contribution in [0.3, 0.4) is 0 Å². The molecule has 2 N–H and O–H groups in total. The van der Waals surface area contributed by atoms with Gasteiger partial charge >= 0.3 is 108 Å². The second-order valence-electron chi connectivity index (χ2n) is 4.58. The summed E-state index contributed by atoms with van der Waals surface area (Å²) >= 11 is 1.66. The SMILES string of the molecule is C=C([At])CC(C)(C1CCCOC1)N(C)N. The molecule has 1 aliphatic rings. The summed E-state index contributed by atoms with van der Waals surface area (Å²) in [6, 6.07) is 0. The van der Waals surface area contributed by atoms with Crippen LogP contribution in [0.4, 0.5) is 0 Å². The van der Waals surface area contributed by atoms with E-state index in [4.69, 9.17) is 10.6 Å². The van der Waals surface area contributed by atoms with E-state index < -0.39 is 0 Å². The van der Waals surface area contributed by atoms with Crippen molar-refractivity contribution in [1.82, 2.24) is 5.01 Å². The van der Waals surface area contributed by atoms with Crippen LogP contribution in [0.2, 0.25) is 0 Å². The molecular formula is C11H21AtN2O. The monoisotopic (exact) mass is 407 g/mol. The van der Waals surface area contributed by atoms with Crippen molar-refractivity contribution in [1.29, 1.82) is 0 Å². The average molecular weight is 407 g/mol. The van der Waals surface area contributed by atoms with Crippen LogP contribution in [0.5, 0.6) is 0 Å². The molecule has 0 bridgehead atoms. The molecule has 4 heteroatoms. The first-order chi connectivity index (χ1) is 6.97. The molecule has 0 aliphatic carbocycles. The summed E-state index contributed by atoms with van der Waals surface area (Å²) in [6.45, 7) is 7.97. The Kier molecular flexibility index (Phi) is 5.17. The molecular weight excluding hydrogens is 386 g/mol. The van der Waals surface area contributed by atoms with Gasteiger partial charge in [-0.2, -0.15) is 0 Å². The van der Waals surface area contributed by atoms with Crippen molar-refractivity contribution in [2.24, 2.45) is 11.8 Å². The van der Waals surface area contributed by atoms with Gasteiger partial charge in [-0.15, -0.1) is 0 Å². The van der Waals surface area contributed by atoms with Crippen LogP contribution < -0.4 is 5.84 Å². The average Bonchev–Trinajstić information content (AvgIpc) is 2.17. The molecule has 2 atom stereocenters. The molecule has 88 valence electrons. The molecule has 0 amide bonds. The second kappa shape index (κ2) is 5.72.